The van der Waals surface area contributed by atoms with Gasteiger partial charge >= 0.3 is 6.18 Å². The molecule has 0 spiro atoms. The second kappa shape index (κ2) is 5.38. The van der Waals surface area contributed by atoms with Crippen molar-refractivity contribution >= 4 is 11.8 Å². The minimum atomic E-state index is -4.21. The highest BCUT2D eigenvalue weighted by Crippen LogP contribution is 2.25. The number of halogens is 3. The maximum Gasteiger partial charge on any atom is 0.389 e. The standard InChI is InChI=1S/C12H17F3N2O2/c13-12(14,15)5-3-6-16-8-10(18)17-7-2-1-4-9(17)11(16)19/h9H,1-8H2. The average Bonchev–Trinajstić information content (AvgIpc) is 2.34. The van der Waals surface area contributed by atoms with Gasteiger partial charge in [-0.05, 0) is 25.7 Å². The lowest BCUT2D eigenvalue weighted by molar-refractivity contribution is -0.159. The third-order valence-corrected chi connectivity index (χ3v) is 3.63. The number of rotatable bonds is 3. The molecule has 0 saturated carbocycles. The van der Waals surface area contributed by atoms with Crippen LogP contribution in [0.1, 0.15) is 32.1 Å². The number of fused-ring (bicyclic) bond motifs is 1. The predicted molar refractivity (Wildman–Crippen MR) is 61.2 cm³/mol. The Morgan fingerprint density at radius 3 is 2.63 bits per heavy atom. The molecule has 0 aromatic carbocycles. The number of nitrogens with zero attached hydrogens (tertiary/aromatic N) is 2. The second-order valence-corrected chi connectivity index (χ2v) is 5.08. The number of carbonyl (C=O) groups excluding carboxylic acids is 2. The zero-order chi connectivity index (χ0) is 14.0. The summed E-state index contributed by atoms with van der Waals surface area (Å²) >= 11 is 0. The molecule has 7 heteroatoms. The summed E-state index contributed by atoms with van der Waals surface area (Å²) in [5.41, 5.74) is 0. The average molecular weight is 278 g/mol. The molecule has 2 rings (SSSR count). The number of hydrogen-bond acceptors (Lipinski definition) is 2. The van der Waals surface area contributed by atoms with Crippen molar-refractivity contribution in [1.29, 1.82) is 0 Å². The molecule has 0 aliphatic carbocycles. The van der Waals surface area contributed by atoms with Crippen molar-refractivity contribution < 1.29 is 22.8 Å². The molecule has 0 aromatic heterocycles. The molecule has 2 aliphatic heterocycles. The molecule has 0 N–H and O–H groups in total. The number of hydrogen-bond donors (Lipinski definition) is 0. The Bertz CT molecular complexity index is 370. The van der Waals surface area contributed by atoms with Crippen molar-refractivity contribution in [2.24, 2.45) is 0 Å². The smallest absolute Gasteiger partial charge is 0.332 e. The largest absolute Gasteiger partial charge is 0.389 e. The van der Waals surface area contributed by atoms with E-state index < -0.39 is 18.6 Å². The molecule has 0 bridgehead atoms. The van der Waals surface area contributed by atoms with Crippen molar-refractivity contribution in [3.05, 3.63) is 0 Å². The maximum atomic E-state index is 12.1. The molecular weight excluding hydrogens is 261 g/mol. The van der Waals surface area contributed by atoms with Crippen molar-refractivity contribution in [3.8, 4) is 0 Å². The third kappa shape index (κ3) is 3.39. The van der Waals surface area contributed by atoms with Crippen LogP contribution in [0.25, 0.3) is 0 Å². The van der Waals surface area contributed by atoms with Gasteiger partial charge in [0.05, 0.1) is 6.54 Å². The van der Waals surface area contributed by atoms with Crippen LogP contribution in [0.3, 0.4) is 0 Å². The van der Waals surface area contributed by atoms with E-state index in [9.17, 15) is 22.8 Å². The molecule has 2 fully saturated rings. The maximum absolute atomic E-state index is 12.1. The van der Waals surface area contributed by atoms with Gasteiger partial charge < -0.3 is 9.80 Å². The topological polar surface area (TPSA) is 40.6 Å². The van der Waals surface area contributed by atoms with Crippen LogP contribution in [-0.2, 0) is 9.59 Å². The molecule has 2 saturated heterocycles. The lowest BCUT2D eigenvalue weighted by Gasteiger charge is -2.42. The van der Waals surface area contributed by atoms with E-state index in [1.807, 2.05) is 0 Å². The van der Waals surface area contributed by atoms with Gasteiger partial charge in [0.2, 0.25) is 11.8 Å². The fraction of sp³-hybridized carbons (Fsp3) is 0.833. The lowest BCUT2D eigenvalue weighted by atomic mass is 9.98. The van der Waals surface area contributed by atoms with Gasteiger partial charge in [-0.1, -0.05) is 0 Å². The molecule has 2 amide bonds. The number of piperidine rings is 1. The van der Waals surface area contributed by atoms with Crippen molar-refractivity contribution in [1.82, 2.24) is 9.80 Å². The number of alkyl halides is 3. The molecule has 4 nitrogen and oxygen atoms in total. The lowest BCUT2D eigenvalue weighted by Crippen LogP contribution is -2.61. The highest BCUT2D eigenvalue weighted by Gasteiger charge is 2.40. The van der Waals surface area contributed by atoms with Gasteiger partial charge in [-0.3, -0.25) is 9.59 Å². The van der Waals surface area contributed by atoms with Crippen LogP contribution < -0.4 is 0 Å². The minimum Gasteiger partial charge on any atom is -0.332 e. The highest BCUT2D eigenvalue weighted by molar-refractivity contribution is 5.95. The molecule has 0 radical (unpaired) electrons. The van der Waals surface area contributed by atoms with Crippen molar-refractivity contribution in [3.63, 3.8) is 0 Å². The first kappa shape index (κ1) is 14.1. The third-order valence-electron chi connectivity index (χ3n) is 3.63. The van der Waals surface area contributed by atoms with Crippen LogP contribution in [-0.4, -0.2) is 53.5 Å². The second-order valence-electron chi connectivity index (χ2n) is 5.08. The van der Waals surface area contributed by atoms with Crippen LogP contribution in [0.15, 0.2) is 0 Å². The van der Waals surface area contributed by atoms with Crippen LogP contribution in [0, 0.1) is 0 Å². The summed E-state index contributed by atoms with van der Waals surface area (Å²) in [4.78, 5) is 26.8. The molecule has 1 unspecified atom stereocenters. The van der Waals surface area contributed by atoms with Gasteiger partial charge in [0.1, 0.15) is 6.04 Å². The summed E-state index contributed by atoms with van der Waals surface area (Å²) in [5, 5.41) is 0. The molecular formula is C12H17F3N2O2. The van der Waals surface area contributed by atoms with Crippen LogP contribution in [0.2, 0.25) is 0 Å². The van der Waals surface area contributed by atoms with Crippen LogP contribution in [0.5, 0.6) is 0 Å². The summed E-state index contributed by atoms with van der Waals surface area (Å²) in [6.45, 7) is 0.521. The molecule has 1 atom stereocenters. The van der Waals surface area contributed by atoms with Gasteiger partial charge in [0.15, 0.2) is 0 Å². The van der Waals surface area contributed by atoms with Gasteiger partial charge in [-0.15, -0.1) is 0 Å². The van der Waals surface area contributed by atoms with Crippen LogP contribution in [0.4, 0.5) is 13.2 Å². The monoisotopic (exact) mass is 278 g/mol. The van der Waals surface area contributed by atoms with Gasteiger partial charge in [0.25, 0.3) is 0 Å². The number of carbonyl (C=O) groups is 2. The summed E-state index contributed by atoms with van der Waals surface area (Å²) in [6, 6.07) is -0.444. The summed E-state index contributed by atoms with van der Waals surface area (Å²) in [7, 11) is 0. The normalized spacial score (nSPS) is 24.7. The Morgan fingerprint density at radius 2 is 1.95 bits per heavy atom. The van der Waals surface area contributed by atoms with Crippen molar-refractivity contribution in [2.45, 2.75) is 44.3 Å². The molecule has 2 aliphatic rings. The van der Waals surface area contributed by atoms with Gasteiger partial charge in [0, 0.05) is 19.5 Å². The molecule has 2 heterocycles. The van der Waals surface area contributed by atoms with E-state index in [-0.39, 0.29) is 31.3 Å². The number of amides is 2. The Kier molecular flexibility index (Phi) is 4.01. The SMILES string of the molecule is O=C1C2CCCCN2C(=O)CN1CCCC(F)(F)F. The first-order valence-corrected chi connectivity index (χ1v) is 6.53. The quantitative estimate of drug-likeness (QED) is 0.786. The fourth-order valence-corrected chi connectivity index (χ4v) is 2.69. The zero-order valence-electron chi connectivity index (χ0n) is 10.6. The Hall–Kier alpha value is -1.27. The minimum absolute atomic E-state index is 0.00836. The van der Waals surface area contributed by atoms with E-state index in [1.165, 1.54) is 4.90 Å². The Labute approximate surface area is 109 Å². The summed E-state index contributed by atoms with van der Waals surface area (Å²) < 4.78 is 36.2. The zero-order valence-corrected chi connectivity index (χ0v) is 10.6. The Balaban J connectivity index is 1.91. The van der Waals surface area contributed by atoms with E-state index in [0.29, 0.717) is 13.0 Å². The Morgan fingerprint density at radius 1 is 1.21 bits per heavy atom. The number of piperazine rings is 1. The van der Waals surface area contributed by atoms with Crippen molar-refractivity contribution in [2.75, 3.05) is 19.6 Å². The van der Waals surface area contributed by atoms with Crippen LogP contribution >= 0.6 is 0 Å². The predicted octanol–water partition coefficient (Wildman–Crippen LogP) is 1.55. The summed E-state index contributed by atoms with van der Waals surface area (Å²) in [6.07, 6.45) is -2.87. The molecule has 108 valence electrons. The molecule has 0 aromatic rings. The van der Waals surface area contributed by atoms with E-state index in [1.54, 1.807) is 4.90 Å². The van der Waals surface area contributed by atoms with E-state index in [0.717, 1.165) is 12.8 Å². The fourth-order valence-electron chi connectivity index (χ4n) is 2.69. The van der Waals surface area contributed by atoms with Gasteiger partial charge in [-0.2, -0.15) is 13.2 Å². The molecule has 19 heavy (non-hydrogen) atoms. The van der Waals surface area contributed by atoms with E-state index in [2.05, 4.69) is 0 Å². The van der Waals surface area contributed by atoms with Gasteiger partial charge in [-0.25, -0.2) is 0 Å². The summed E-state index contributed by atoms with van der Waals surface area (Å²) in [5.74, 6) is -0.335. The first-order chi connectivity index (χ1) is 8.88. The highest BCUT2D eigenvalue weighted by atomic mass is 19.4. The van der Waals surface area contributed by atoms with E-state index in [4.69, 9.17) is 0 Å². The first-order valence-electron chi connectivity index (χ1n) is 6.53. The van der Waals surface area contributed by atoms with E-state index >= 15 is 0 Å².